The summed E-state index contributed by atoms with van der Waals surface area (Å²) in [4.78, 5) is 37.1. The van der Waals surface area contributed by atoms with Crippen molar-refractivity contribution in [2.24, 2.45) is 5.92 Å². The van der Waals surface area contributed by atoms with Crippen LogP contribution in [0.25, 0.3) is 11.3 Å². The van der Waals surface area contributed by atoms with E-state index in [-0.39, 0.29) is 29.7 Å². The van der Waals surface area contributed by atoms with Gasteiger partial charge >= 0.3 is 11.9 Å². The number of ether oxygens (including phenoxy) is 3. The van der Waals surface area contributed by atoms with E-state index < -0.39 is 17.4 Å². The van der Waals surface area contributed by atoms with Crippen molar-refractivity contribution < 1.29 is 28.9 Å². The van der Waals surface area contributed by atoms with Gasteiger partial charge in [0.15, 0.2) is 5.43 Å². The van der Waals surface area contributed by atoms with Crippen molar-refractivity contribution in [2.75, 3.05) is 26.9 Å². The van der Waals surface area contributed by atoms with E-state index in [0.29, 0.717) is 48.6 Å². The van der Waals surface area contributed by atoms with Crippen molar-refractivity contribution in [3.8, 4) is 17.0 Å². The summed E-state index contributed by atoms with van der Waals surface area (Å²) in [6.45, 7) is 10.6. The molecule has 8 nitrogen and oxygen atoms in total. The van der Waals surface area contributed by atoms with Crippen LogP contribution in [0.15, 0.2) is 41.3 Å². The summed E-state index contributed by atoms with van der Waals surface area (Å²) in [5, 5.41) is 9.46. The van der Waals surface area contributed by atoms with Crippen LogP contribution < -0.4 is 10.2 Å². The molecule has 8 heteroatoms. The summed E-state index contributed by atoms with van der Waals surface area (Å²) in [7, 11) is 1.61. The zero-order valence-electron chi connectivity index (χ0n) is 20.1. The zero-order valence-corrected chi connectivity index (χ0v) is 20.1. The van der Waals surface area contributed by atoms with Crippen molar-refractivity contribution in [1.29, 1.82) is 0 Å². The van der Waals surface area contributed by atoms with Gasteiger partial charge in [0.1, 0.15) is 23.5 Å². The molecule has 1 N–H and O–H groups in total. The highest BCUT2D eigenvalue weighted by atomic mass is 16.5. The van der Waals surface area contributed by atoms with Gasteiger partial charge < -0.3 is 23.9 Å². The first kappa shape index (κ1) is 25.2. The van der Waals surface area contributed by atoms with Gasteiger partial charge in [0, 0.05) is 44.0 Å². The number of pyridine rings is 1. The minimum atomic E-state index is -1.27. The molecule has 3 rings (SSSR count). The molecule has 0 saturated carbocycles. The number of carboxylic acid groups (broad SMARTS) is 1. The molecular weight excluding hydrogens is 438 g/mol. The van der Waals surface area contributed by atoms with Gasteiger partial charge in [-0.25, -0.2) is 9.59 Å². The molecule has 0 radical (unpaired) electrons. The maximum absolute atomic E-state index is 12.9. The lowest BCUT2D eigenvalue weighted by molar-refractivity contribution is 0.0534. The lowest BCUT2D eigenvalue weighted by Gasteiger charge is -2.34. The Bertz CT molecular complexity index is 1160. The molecule has 0 amide bonds. The maximum atomic E-state index is 12.9. The highest BCUT2D eigenvalue weighted by molar-refractivity contribution is 5.95. The Labute approximate surface area is 198 Å². The second-order valence-electron chi connectivity index (χ2n) is 8.90. The Morgan fingerprint density at radius 1 is 1.21 bits per heavy atom. The van der Waals surface area contributed by atoms with E-state index in [2.05, 4.69) is 6.58 Å². The van der Waals surface area contributed by atoms with Crippen molar-refractivity contribution in [1.82, 2.24) is 4.57 Å². The van der Waals surface area contributed by atoms with Gasteiger partial charge in [-0.1, -0.05) is 20.4 Å². The highest BCUT2D eigenvalue weighted by Gasteiger charge is 2.30. The Morgan fingerprint density at radius 3 is 2.56 bits per heavy atom. The molecule has 1 atom stereocenters. The first-order valence-corrected chi connectivity index (χ1v) is 11.2. The quantitative estimate of drug-likeness (QED) is 0.317. The van der Waals surface area contributed by atoms with E-state index in [1.54, 1.807) is 20.1 Å². The van der Waals surface area contributed by atoms with Gasteiger partial charge in [-0.3, -0.25) is 4.79 Å². The molecule has 0 aliphatic carbocycles. The number of benzene rings is 1. The Balaban J connectivity index is 2.15. The largest absolute Gasteiger partial charge is 0.493 e. The lowest BCUT2D eigenvalue weighted by atomic mass is 9.86. The number of hydrogen-bond donors (Lipinski definition) is 1. The van der Waals surface area contributed by atoms with E-state index in [0.717, 1.165) is 5.56 Å². The third-order valence-electron chi connectivity index (χ3n) is 5.77. The molecular formula is C26H31NO7. The Morgan fingerprint density at radius 2 is 1.94 bits per heavy atom. The van der Waals surface area contributed by atoms with Gasteiger partial charge in [-0.2, -0.15) is 0 Å². The molecule has 1 aromatic carbocycles. The van der Waals surface area contributed by atoms with Gasteiger partial charge in [0.2, 0.25) is 0 Å². The van der Waals surface area contributed by atoms with Crippen molar-refractivity contribution in [3.05, 3.63) is 63.5 Å². The summed E-state index contributed by atoms with van der Waals surface area (Å²) in [6, 6.07) is 4.76. The maximum Gasteiger partial charge on any atom is 0.342 e. The van der Waals surface area contributed by atoms with Gasteiger partial charge in [0.25, 0.3) is 0 Å². The molecule has 1 aromatic heterocycles. The molecule has 1 aliphatic heterocycles. The van der Waals surface area contributed by atoms with Crippen LogP contribution in [-0.2, 0) is 15.9 Å². The average molecular weight is 470 g/mol. The number of fused-ring (bicyclic) bond motifs is 3. The molecule has 1 aliphatic rings. The van der Waals surface area contributed by atoms with E-state index in [9.17, 15) is 19.5 Å². The van der Waals surface area contributed by atoms with Crippen LogP contribution in [0.2, 0.25) is 0 Å². The summed E-state index contributed by atoms with van der Waals surface area (Å²) < 4.78 is 18.2. The van der Waals surface area contributed by atoms with Crippen LogP contribution in [0.5, 0.6) is 5.75 Å². The molecule has 0 bridgehead atoms. The van der Waals surface area contributed by atoms with Crippen LogP contribution in [0, 0.1) is 5.92 Å². The van der Waals surface area contributed by atoms with E-state index in [1.165, 1.54) is 12.3 Å². The van der Waals surface area contributed by atoms with E-state index >= 15 is 0 Å². The number of aromatic carboxylic acids is 1. The number of methoxy groups -OCH3 is 1. The fourth-order valence-electron chi connectivity index (χ4n) is 4.04. The van der Waals surface area contributed by atoms with E-state index in [4.69, 9.17) is 14.2 Å². The van der Waals surface area contributed by atoms with E-state index in [1.807, 2.05) is 24.5 Å². The van der Waals surface area contributed by atoms with Crippen LogP contribution in [0.1, 0.15) is 59.5 Å². The average Bonchev–Trinajstić information content (AvgIpc) is 2.78. The third kappa shape index (κ3) is 5.39. The molecule has 1 unspecified atom stereocenters. The fourth-order valence-corrected chi connectivity index (χ4v) is 4.04. The zero-order chi connectivity index (χ0) is 25.0. The molecule has 0 spiro atoms. The summed E-state index contributed by atoms with van der Waals surface area (Å²) in [6.07, 6.45) is 2.65. The normalized spacial score (nSPS) is 14.3. The van der Waals surface area contributed by atoms with Crippen LogP contribution in [0.4, 0.5) is 0 Å². The fraction of sp³-hybridized carbons (Fsp3) is 0.423. The van der Waals surface area contributed by atoms with Crippen molar-refractivity contribution >= 4 is 11.9 Å². The standard InChI is InChI=1S/C26H31NO7/c1-15(2)14-34-26(31)19-11-18-17(10-24(19)33-8-6-7-32-5)9-21(16(3)4)27-13-20(25(29)30)23(28)12-22(18)27/h10-13,16,21H,1,6-9,14H2,2-5H3,(H,29,30). The van der Waals surface area contributed by atoms with Gasteiger partial charge in [-0.15, -0.1) is 0 Å². The number of aromatic nitrogens is 1. The first-order chi connectivity index (χ1) is 16.1. The first-order valence-electron chi connectivity index (χ1n) is 11.2. The molecule has 0 fully saturated rings. The monoisotopic (exact) mass is 469 g/mol. The molecule has 0 saturated heterocycles. The number of carboxylic acids is 1. The van der Waals surface area contributed by atoms with Crippen molar-refractivity contribution in [3.63, 3.8) is 0 Å². The topological polar surface area (TPSA) is 104 Å². The SMILES string of the molecule is C=C(C)COC(=O)c1cc2c(cc1OCCCOC)CC(C(C)C)n1cc(C(=O)O)c(=O)cc1-2. The number of hydrogen-bond acceptors (Lipinski definition) is 6. The molecule has 2 aromatic rings. The van der Waals surface area contributed by atoms with Crippen LogP contribution in [0.3, 0.4) is 0 Å². The smallest absolute Gasteiger partial charge is 0.342 e. The minimum absolute atomic E-state index is 0.0660. The lowest BCUT2D eigenvalue weighted by Crippen LogP contribution is -2.28. The summed E-state index contributed by atoms with van der Waals surface area (Å²) in [5.74, 6) is -1.25. The number of esters is 1. The second-order valence-corrected chi connectivity index (χ2v) is 8.90. The Kier molecular flexibility index (Phi) is 7.94. The van der Waals surface area contributed by atoms with Crippen molar-refractivity contribution in [2.45, 2.75) is 39.7 Å². The predicted octanol–water partition coefficient (Wildman–Crippen LogP) is 4.11. The number of rotatable bonds is 10. The molecule has 34 heavy (non-hydrogen) atoms. The minimum Gasteiger partial charge on any atom is -0.493 e. The second kappa shape index (κ2) is 10.7. The number of carbonyl (C=O) groups excluding carboxylic acids is 1. The van der Waals surface area contributed by atoms with Gasteiger partial charge in [0.05, 0.1) is 12.3 Å². The Hall–Kier alpha value is -3.39. The molecule has 182 valence electrons. The predicted molar refractivity (Wildman–Crippen MR) is 128 cm³/mol. The summed E-state index contributed by atoms with van der Waals surface area (Å²) in [5.41, 5.74) is 2.23. The molecule has 2 heterocycles. The summed E-state index contributed by atoms with van der Waals surface area (Å²) >= 11 is 0. The third-order valence-corrected chi connectivity index (χ3v) is 5.77. The highest BCUT2D eigenvalue weighted by Crippen LogP contribution is 2.40. The number of carbonyl (C=O) groups is 2. The van der Waals surface area contributed by atoms with Crippen LogP contribution >= 0.6 is 0 Å². The van der Waals surface area contributed by atoms with Gasteiger partial charge in [-0.05, 0) is 42.5 Å². The van der Waals surface area contributed by atoms with Crippen LogP contribution in [-0.4, -0.2) is 48.5 Å². The number of nitrogens with zero attached hydrogens (tertiary/aromatic N) is 1.